The molecule has 0 bridgehead atoms. The second-order valence-electron chi connectivity index (χ2n) is 3.61. The molecule has 11 heteroatoms. The number of nitriles is 1. The molecule has 0 atom stereocenters. The van der Waals surface area contributed by atoms with Crippen molar-refractivity contribution in [2.45, 2.75) is 4.90 Å². The minimum atomic E-state index is -4.09. The number of hydrogen-bond acceptors (Lipinski definition) is 7. The van der Waals surface area contributed by atoms with E-state index in [0.29, 0.717) is 0 Å². The maximum atomic E-state index is 11.9. The van der Waals surface area contributed by atoms with Crippen LogP contribution in [0.4, 0.5) is 5.69 Å². The van der Waals surface area contributed by atoms with E-state index in [9.17, 15) is 26.9 Å². The molecule has 0 saturated carbocycles. The van der Waals surface area contributed by atoms with Crippen LogP contribution >= 0.6 is 10.7 Å². The first-order valence-corrected chi connectivity index (χ1v) is 9.03. The standard InChI is InChI=1S/C9H7ClN2O6S2/c10-20(17,18)4-3-19(15,16)9-2-1-8(12(13)14)5-7(9)6-11/h1-2,5H,3-4H2. The molecule has 0 fully saturated rings. The molecule has 0 radical (unpaired) electrons. The molecule has 1 rings (SSSR count). The van der Waals surface area contributed by atoms with Crippen molar-refractivity contribution in [3.63, 3.8) is 0 Å². The summed E-state index contributed by atoms with van der Waals surface area (Å²) in [6.45, 7) is 0. The minimum Gasteiger partial charge on any atom is -0.258 e. The van der Waals surface area contributed by atoms with Gasteiger partial charge in [0.1, 0.15) is 6.07 Å². The smallest absolute Gasteiger partial charge is 0.258 e. The monoisotopic (exact) mass is 338 g/mol. The molecular formula is C9H7ClN2O6S2. The van der Waals surface area contributed by atoms with E-state index in [1.165, 1.54) is 6.07 Å². The van der Waals surface area contributed by atoms with E-state index in [1.807, 2.05) is 0 Å². The van der Waals surface area contributed by atoms with Crippen molar-refractivity contribution < 1.29 is 21.8 Å². The molecule has 1 aromatic carbocycles. The molecule has 0 aliphatic heterocycles. The van der Waals surface area contributed by atoms with E-state index in [2.05, 4.69) is 0 Å². The van der Waals surface area contributed by atoms with Crippen molar-refractivity contribution >= 4 is 35.3 Å². The van der Waals surface area contributed by atoms with Gasteiger partial charge < -0.3 is 0 Å². The third-order valence-electron chi connectivity index (χ3n) is 2.23. The Morgan fingerprint density at radius 3 is 2.30 bits per heavy atom. The van der Waals surface area contributed by atoms with Crippen molar-refractivity contribution in [1.82, 2.24) is 0 Å². The Morgan fingerprint density at radius 1 is 1.25 bits per heavy atom. The summed E-state index contributed by atoms with van der Waals surface area (Å²) in [5.41, 5.74) is -0.864. The van der Waals surface area contributed by atoms with E-state index in [4.69, 9.17) is 15.9 Å². The molecule has 0 N–H and O–H groups in total. The number of hydrogen-bond donors (Lipinski definition) is 0. The van der Waals surface area contributed by atoms with Gasteiger partial charge in [0.05, 0.1) is 26.9 Å². The molecule has 0 aromatic heterocycles. The van der Waals surface area contributed by atoms with Crippen LogP contribution in [0.15, 0.2) is 23.1 Å². The topological polar surface area (TPSA) is 135 Å². The maximum absolute atomic E-state index is 11.9. The molecule has 0 unspecified atom stereocenters. The second-order valence-corrected chi connectivity index (χ2v) is 8.59. The largest absolute Gasteiger partial charge is 0.270 e. The summed E-state index contributed by atoms with van der Waals surface area (Å²) < 4.78 is 45.3. The van der Waals surface area contributed by atoms with Gasteiger partial charge in [-0.05, 0) is 6.07 Å². The average molecular weight is 339 g/mol. The molecule has 20 heavy (non-hydrogen) atoms. The zero-order valence-electron chi connectivity index (χ0n) is 9.68. The first kappa shape index (κ1) is 16.4. The molecule has 0 aliphatic rings. The van der Waals surface area contributed by atoms with Gasteiger partial charge in [0, 0.05) is 22.8 Å². The number of nitro groups is 1. The van der Waals surface area contributed by atoms with Crippen molar-refractivity contribution in [1.29, 1.82) is 5.26 Å². The molecule has 0 heterocycles. The van der Waals surface area contributed by atoms with E-state index in [1.54, 1.807) is 0 Å². The average Bonchev–Trinajstić information content (AvgIpc) is 2.35. The fraction of sp³-hybridized carbons (Fsp3) is 0.222. The Kier molecular flexibility index (Phi) is 4.69. The Balaban J connectivity index is 3.26. The highest BCUT2D eigenvalue weighted by molar-refractivity contribution is 8.14. The molecule has 0 spiro atoms. The Hall–Kier alpha value is -1.70. The Bertz CT molecular complexity index is 794. The number of halogens is 1. The van der Waals surface area contributed by atoms with E-state index in [-0.39, 0.29) is 0 Å². The van der Waals surface area contributed by atoms with Gasteiger partial charge in [0.25, 0.3) is 5.69 Å². The second kappa shape index (κ2) is 5.74. The lowest BCUT2D eigenvalue weighted by atomic mass is 10.2. The number of sulfone groups is 1. The number of non-ortho nitro benzene ring substituents is 1. The highest BCUT2D eigenvalue weighted by Crippen LogP contribution is 2.22. The fourth-order valence-corrected chi connectivity index (χ4v) is 4.49. The summed E-state index contributed by atoms with van der Waals surface area (Å²) >= 11 is 0. The van der Waals surface area contributed by atoms with Crippen LogP contribution in [0.25, 0.3) is 0 Å². The zero-order chi connectivity index (χ0) is 15.6. The van der Waals surface area contributed by atoms with Crippen LogP contribution < -0.4 is 0 Å². The van der Waals surface area contributed by atoms with Crippen molar-refractivity contribution in [2.75, 3.05) is 11.5 Å². The van der Waals surface area contributed by atoms with Gasteiger partial charge in [-0.15, -0.1) is 0 Å². The molecule has 8 nitrogen and oxygen atoms in total. The molecule has 0 saturated heterocycles. The van der Waals surface area contributed by atoms with Gasteiger partial charge in [0.15, 0.2) is 9.84 Å². The van der Waals surface area contributed by atoms with Gasteiger partial charge in [-0.3, -0.25) is 10.1 Å². The lowest BCUT2D eigenvalue weighted by molar-refractivity contribution is -0.384. The summed E-state index contributed by atoms with van der Waals surface area (Å²) in [7, 11) is -3.17. The fourth-order valence-electron chi connectivity index (χ4n) is 1.31. The quantitative estimate of drug-likeness (QED) is 0.440. The Labute approximate surface area is 119 Å². The molecule has 1 aromatic rings. The molecule has 0 aliphatic carbocycles. The summed E-state index contributed by atoms with van der Waals surface area (Å²) in [6, 6.07) is 4.15. The van der Waals surface area contributed by atoms with Gasteiger partial charge >= 0.3 is 0 Å². The van der Waals surface area contributed by atoms with Crippen LogP contribution in [0.1, 0.15) is 5.56 Å². The number of rotatable bonds is 5. The lowest BCUT2D eigenvalue weighted by Gasteiger charge is -2.05. The highest BCUT2D eigenvalue weighted by atomic mass is 35.7. The number of benzene rings is 1. The normalized spacial score (nSPS) is 11.8. The van der Waals surface area contributed by atoms with E-state index >= 15 is 0 Å². The van der Waals surface area contributed by atoms with Crippen LogP contribution in [0.3, 0.4) is 0 Å². The third kappa shape index (κ3) is 4.16. The first-order chi connectivity index (χ1) is 9.07. The first-order valence-electron chi connectivity index (χ1n) is 4.90. The van der Waals surface area contributed by atoms with Gasteiger partial charge in [-0.1, -0.05) is 0 Å². The SMILES string of the molecule is N#Cc1cc([N+](=O)[O-])ccc1S(=O)(=O)CCS(=O)(=O)Cl. The van der Waals surface area contributed by atoms with Crippen LogP contribution in [0, 0.1) is 21.4 Å². The van der Waals surface area contributed by atoms with E-state index in [0.717, 1.165) is 18.2 Å². The zero-order valence-corrected chi connectivity index (χ0v) is 12.1. The van der Waals surface area contributed by atoms with Gasteiger partial charge in [-0.2, -0.15) is 5.26 Å². The summed E-state index contributed by atoms with van der Waals surface area (Å²) in [5.74, 6) is -1.63. The van der Waals surface area contributed by atoms with Gasteiger partial charge in [0.2, 0.25) is 9.05 Å². The molecule has 0 amide bonds. The summed E-state index contributed by atoms with van der Waals surface area (Å²) in [5, 5.41) is 19.4. The van der Waals surface area contributed by atoms with Crippen LogP contribution in [0.5, 0.6) is 0 Å². The third-order valence-corrected chi connectivity index (χ3v) is 5.41. The van der Waals surface area contributed by atoms with Gasteiger partial charge in [-0.25, -0.2) is 16.8 Å². The predicted molar refractivity (Wildman–Crippen MR) is 69.5 cm³/mol. The minimum absolute atomic E-state index is 0.425. The summed E-state index contributed by atoms with van der Waals surface area (Å²) in [6.07, 6.45) is 0. The van der Waals surface area contributed by atoms with E-state index < -0.39 is 51.5 Å². The van der Waals surface area contributed by atoms with Crippen LogP contribution in [-0.2, 0) is 18.9 Å². The lowest BCUT2D eigenvalue weighted by Crippen LogP contribution is -2.15. The predicted octanol–water partition coefficient (Wildman–Crippen LogP) is 0.809. The maximum Gasteiger partial charge on any atom is 0.270 e. The van der Waals surface area contributed by atoms with Crippen LogP contribution in [-0.4, -0.2) is 33.3 Å². The van der Waals surface area contributed by atoms with Crippen LogP contribution in [0.2, 0.25) is 0 Å². The van der Waals surface area contributed by atoms with Crippen molar-refractivity contribution in [3.05, 3.63) is 33.9 Å². The van der Waals surface area contributed by atoms with Crippen molar-refractivity contribution in [2.24, 2.45) is 0 Å². The van der Waals surface area contributed by atoms with Crippen molar-refractivity contribution in [3.8, 4) is 6.07 Å². The summed E-state index contributed by atoms with van der Waals surface area (Å²) in [4.78, 5) is 9.29. The number of nitro benzene ring substituents is 1. The molecule has 108 valence electrons. The number of nitrogens with zero attached hydrogens (tertiary/aromatic N) is 2. The molecular weight excluding hydrogens is 332 g/mol. The Morgan fingerprint density at radius 2 is 1.85 bits per heavy atom. The highest BCUT2D eigenvalue weighted by Gasteiger charge is 2.23.